The molecule has 0 unspecified atom stereocenters. The number of aromatic nitrogens is 2. The van der Waals surface area contributed by atoms with Crippen LogP contribution in [0.2, 0.25) is 0 Å². The summed E-state index contributed by atoms with van der Waals surface area (Å²) in [5, 5.41) is 0. The maximum absolute atomic E-state index is 12.7. The van der Waals surface area contributed by atoms with Gasteiger partial charge in [-0.05, 0) is 45.0 Å². The molecule has 1 aliphatic rings. The van der Waals surface area contributed by atoms with Gasteiger partial charge in [0.15, 0.2) is 5.84 Å². The first-order valence-corrected chi connectivity index (χ1v) is 9.80. The molecule has 2 heterocycles. The SMILES string of the molecule is CCN(CC)c1ccc(N=C2C(c3ccccc3)=Nc3nc(C)cc(=O)n32)cc1. The highest BCUT2D eigenvalue weighted by molar-refractivity contribution is 6.50. The maximum atomic E-state index is 12.7. The Labute approximate surface area is 169 Å². The third-order valence-electron chi connectivity index (χ3n) is 4.93. The van der Waals surface area contributed by atoms with Crippen molar-refractivity contribution < 1.29 is 0 Å². The van der Waals surface area contributed by atoms with Gasteiger partial charge in [-0.2, -0.15) is 0 Å². The third-order valence-corrected chi connectivity index (χ3v) is 4.93. The zero-order valence-electron chi connectivity index (χ0n) is 16.8. The van der Waals surface area contributed by atoms with Gasteiger partial charge in [0, 0.05) is 36.1 Å². The molecule has 0 spiro atoms. The fraction of sp³-hybridized carbons (Fsp3) is 0.217. The molecule has 3 aromatic rings. The first-order chi connectivity index (χ1) is 14.1. The Bertz CT molecular complexity index is 1140. The Morgan fingerprint density at radius 3 is 2.34 bits per heavy atom. The average molecular weight is 385 g/mol. The molecule has 0 amide bonds. The minimum absolute atomic E-state index is 0.180. The Morgan fingerprint density at radius 2 is 1.69 bits per heavy atom. The molecule has 0 saturated heterocycles. The van der Waals surface area contributed by atoms with Crippen molar-refractivity contribution >= 4 is 28.9 Å². The van der Waals surface area contributed by atoms with E-state index in [2.05, 4.69) is 40.9 Å². The van der Waals surface area contributed by atoms with E-state index in [4.69, 9.17) is 4.99 Å². The predicted molar refractivity (Wildman–Crippen MR) is 118 cm³/mol. The second kappa shape index (κ2) is 7.83. The van der Waals surface area contributed by atoms with Gasteiger partial charge in [0.1, 0.15) is 5.71 Å². The Balaban J connectivity index is 1.82. The highest BCUT2D eigenvalue weighted by Gasteiger charge is 2.26. The van der Waals surface area contributed by atoms with Crippen molar-refractivity contribution in [3.05, 3.63) is 82.3 Å². The highest BCUT2D eigenvalue weighted by atomic mass is 16.1. The Morgan fingerprint density at radius 1 is 1.00 bits per heavy atom. The minimum atomic E-state index is -0.180. The molecular weight excluding hydrogens is 362 g/mol. The largest absolute Gasteiger partial charge is 0.372 e. The monoisotopic (exact) mass is 385 g/mol. The van der Waals surface area contributed by atoms with Crippen LogP contribution in [-0.2, 0) is 0 Å². The van der Waals surface area contributed by atoms with Crippen LogP contribution in [0.3, 0.4) is 0 Å². The van der Waals surface area contributed by atoms with Crippen molar-refractivity contribution in [1.82, 2.24) is 9.55 Å². The van der Waals surface area contributed by atoms with E-state index in [0.717, 1.165) is 30.0 Å². The second-order valence-electron chi connectivity index (χ2n) is 6.82. The van der Waals surface area contributed by atoms with Gasteiger partial charge in [-0.15, -0.1) is 0 Å². The summed E-state index contributed by atoms with van der Waals surface area (Å²) in [6, 6.07) is 19.3. The van der Waals surface area contributed by atoms with E-state index in [9.17, 15) is 4.79 Å². The van der Waals surface area contributed by atoms with Crippen LogP contribution in [0.4, 0.5) is 17.3 Å². The van der Waals surface area contributed by atoms with Crippen molar-refractivity contribution in [1.29, 1.82) is 0 Å². The molecule has 6 heteroatoms. The number of nitrogens with zero attached hydrogens (tertiary/aromatic N) is 5. The molecule has 0 fully saturated rings. The zero-order chi connectivity index (χ0) is 20.4. The molecule has 0 N–H and O–H groups in total. The van der Waals surface area contributed by atoms with Crippen LogP contribution in [0.15, 0.2) is 75.4 Å². The topological polar surface area (TPSA) is 62.9 Å². The lowest BCUT2D eigenvalue weighted by Gasteiger charge is -2.20. The summed E-state index contributed by atoms with van der Waals surface area (Å²) >= 11 is 0. The third kappa shape index (κ3) is 3.61. The van der Waals surface area contributed by atoms with Crippen molar-refractivity contribution in [2.45, 2.75) is 20.8 Å². The van der Waals surface area contributed by atoms with Gasteiger partial charge in [-0.25, -0.2) is 19.5 Å². The smallest absolute Gasteiger partial charge is 0.261 e. The number of benzene rings is 2. The predicted octanol–water partition coefficient (Wildman–Crippen LogP) is 4.11. The zero-order valence-corrected chi connectivity index (χ0v) is 16.8. The number of rotatable bonds is 5. The van der Waals surface area contributed by atoms with Gasteiger partial charge in [-0.3, -0.25) is 4.79 Å². The standard InChI is InChI=1S/C23H23N5O/c1-4-27(5-2)19-13-11-18(12-14-19)25-22-21(17-9-7-6-8-10-17)26-23-24-16(3)15-20(29)28(22)23/h6-15H,4-5H2,1-3H3. The first-order valence-electron chi connectivity index (χ1n) is 9.80. The number of anilines is 1. The van der Waals surface area contributed by atoms with E-state index < -0.39 is 0 Å². The molecular formula is C23H23N5O. The first kappa shape index (κ1) is 18.8. The number of hydrogen-bond donors (Lipinski definition) is 0. The molecule has 0 radical (unpaired) electrons. The van der Waals surface area contributed by atoms with Crippen LogP contribution in [-0.4, -0.2) is 34.2 Å². The van der Waals surface area contributed by atoms with Crippen LogP contribution >= 0.6 is 0 Å². The molecule has 0 aliphatic carbocycles. The van der Waals surface area contributed by atoms with Gasteiger partial charge >= 0.3 is 0 Å². The van der Waals surface area contributed by atoms with E-state index in [1.165, 1.54) is 10.6 Å². The molecule has 2 aromatic carbocycles. The Hall–Kier alpha value is -3.54. The van der Waals surface area contributed by atoms with E-state index in [1.807, 2.05) is 42.5 Å². The van der Waals surface area contributed by atoms with Crippen LogP contribution < -0.4 is 10.5 Å². The van der Waals surface area contributed by atoms with Crippen molar-refractivity contribution in [2.24, 2.45) is 9.98 Å². The van der Waals surface area contributed by atoms with E-state index in [-0.39, 0.29) is 5.56 Å². The van der Waals surface area contributed by atoms with Gasteiger partial charge in [-0.1, -0.05) is 30.3 Å². The van der Waals surface area contributed by atoms with Gasteiger partial charge in [0.05, 0.1) is 5.69 Å². The van der Waals surface area contributed by atoms with E-state index >= 15 is 0 Å². The fourth-order valence-corrected chi connectivity index (χ4v) is 3.45. The number of aryl methyl sites for hydroxylation is 1. The summed E-state index contributed by atoms with van der Waals surface area (Å²) < 4.78 is 1.48. The molecule has 4 rings (SSSR count). The molecule has 0 atom stereocenters. The number of aliphatic imine (C=N–C) groups is 2. The van der Waals surface area contributed by atoms with Crippen LogP contribution in [0.25, 0.3) is 0 Å². The number of hydrogen-bond acceptors (Lipinski definition) is 5. The number of fused-ring (bicyclic) bond motifs is 1. The summed E-state index contributed by atoms with van der Waals surface area (Å²) in [6.45, 7) is 7.96. The average Bonchev–Trinajstić information content (AvgIpc) is 3.09. The molecule has 1 aliphatic heterocycles. The summed E-state index contributed by atoms with van der Waals surface area (Å²) in [7, 11) is 0. The molecule has 0 saturated carbocycles. The minimum Gasteiger partial charge on any atom is -0.372 e. The maximum Gasteiger partial charge on any atom is 0.261 e. The molecule has 1 aromatic heterocycles. The molecule has 0 bridgehead atoms. The second-order valence-corrected chi connectivity index (χ2v) is 6.82. The normalized spacial score (nSPS) is 14.0. The van der Waals surface area contributed by atoms with E-state index in [1.54, 1.807) is 6.92 Å². The lowest BCUT2D eigenvalue weighted by atomic mass is 10.1. The Kier molecular flexibility index (Phi) is 5.08. The van der Waals surface area contributed by atoms with Gasteiger partial charge < -0.3 is 4.90 Å². The van der Waals surface area contributed by atoms with E-state index in [0.29, 0.717) is 23.2 Å². The van der Waals surface area contributed by atoms with Crippen LogP contribution in [0.1, 0.15) is 25.1 Å². The molecule has 146 valence electrons. The van der Waals surface area contributed by atoms with Crippen LogP contribution in [0, 0.1) is 6.92 Å². The van der Waals surface area contributed by atoms with Crippen molar-refractivity contribution in [2.75, 3.05) is 18.0 Å². The van der Waals surface area contributed by atoms with Gasteiger partial charge in [0.25, 0.3) is 5.56 Å². The highest BCUT2D eigenvalue weighted by Crippen LogP contribution is 2.24. The summed E-state index contributed by atoms with van der Waals surface area (Å²) in [4.78, 5) is 28.8. The van der Waals surface area contributed by atoms with Crippen molar-refractivity contribution in [3.8, 4) is 0 Å². The lowest BCUT2D eigenvalue weighted by Crippen LogP contribution is -2.29. The molecule has 29 heavy (non-hydrogen) atoms. The quantitative estimate of drug-likeness (QED) is 0.664. The van der Waals surface area contributed by atoms with Crippen molar-refractivity contribution in [3.63, 3.8) is 0 Å². The summed E-state index contributed by atoms with van der Waals surface area (Å²) in [5.41, 5.74) is 3.92. The van der Waals surface area contributed by atoms with Gasteiger partial charge in [0.2, 0.25) is 5.95 Å². The molecule has 6 nitrogen and oxygen atoms in total. The summed E-state index contributed by atoms with van der Waals surface area (Å²) in [5.74, 6) is 0.867. The summed E-state index contributed by atoms with van der Waals surface area (Å²) in [6.07, 6.45) is 0. The van der Waals surface area contributed by atoms with Crippen LogP contribution in [0.5, 0.6) is 0 Å². The fourth-order valence-electron chi connectivity index (χ4n) is 3.45. The lowest BCUT2D eigenvalue weighted by molar-refractivity contribution is 0.866.